The number of benzene rings is 3. The number of rotatable bonds is 5. The summed E-state index contributed by atoms with van der Waals surface area (Å²) < 4.78 is 5.63. The Morgan fingerprint density at radius 1 is 0.891 bits per heavy atom. The van der Waals surface area contributed by atoms with Gasteiger partial charge in [-0.15, -0.1) is 23.2 Å². The average Bonchev–Trinajstić information content (AvgIpc) is 3.62. The van der Waals surface area contributed by atoms with Gasteiger partial charge in [-0.1, -0.05) is 55.0 Å². The minimum absolute atomic E-state index is 0.0210. The lowest BCUT2D eigenvalue weighted by Gasteiger charge is -2.60. The van der Waals surface area contributed by atoms with Crippen molar-refractivity contribution in [2.45, 2.75) is 57.0 Å². The number of carbonyl (C=O) groups excluding carboxylic acids is 3. The number of allylic oxidation sites excluding steroid dienone is 1. The molecule has 9 rings (SSSR count). The normalized spacial score (nSPS) is 30.7. The highest BCUT2D eigenvalue weighted by Gasteiger charge is 2.67. The molecule has 0 radical (unpaired) electrons. The number of esters is 1. The molecule has 6 aliphatic rings. The van der Waals surface area contributed by atoms with Gasteiger partial charge in [-0.3, -0.25) is 14.4 Å². The minimum Gasteiger partial charge on any atom is -0.426 e. The summed E-state index contributed by atoms with van der Waals surface area (Å²) in [5, 5.41) is 12.8. The van der Waals surface area contributed by atoms with Gasteiger partial charge in [0.1, 0.15) is 5.75 Å². The van der Waals surface area contributed by atoms with Crippen LogP contribution in [0.5, 0.6) is 5.75 Å². The first-order valence-electron chi connectivity index (χ1n) is 16.2. The summed E-state index contributed by atoms with van der Waals surface area (Å²) in [7, 11) is 0. The summed E-state index contributed by atoms with van der Waals surface area (Å²) in [6, 6.07) is 17.5. The van der Waals surface area contributed by atoms with Crippen LogP contribution in [0.15, 0.2) is 66.4 Å². The second kappa shape index (κ2) is 10.8. The maximum absolute atomic E-state index is 14.6. The van der Waals surface area contributed by atoms with Crippen LogP contribution < -0.4 is 9.64 Å². The van der Waals surface area contributed by atoms with E-state index in [0.29, 0.717) is 43.4 Å². The zero-order chi connectivity index (χ0) is 32.0. The SMILES string of the molecule is CC(=O)Oc1cc2c(c3ccccc13)[C@H](CCl)CN2C(=O)C12CCCC(C(=O)N3C[C@@H](CCl)C4C3=CC(O)c3ccccc34)(C1)C2. The molecule has 2 bridgehead atoms. The third-order valence-corrected chi connectivity index (χ3v) is 12.1. The molecule has 3 saturated carbocycles. The molecular formula is C37H36Cl2N2O5. The molecule has 2 heterocycles. The molecule has 2 unspecified atom stereocenters. The van der Waals surface area contributed by atoms with E-state index in [1.165, 1.54) is 6.92 Å². The average molecular weight is 660 g/mol. The summed E-state index contributed by atoms with van der Waals surface area (Å²) in [5.74, 6) is 0.779. The van der Waals surface area contributed by atoms with Crippen LogP contribution in [-0.4, -0.2) is 52.6 Å². The quantitative estimate of drug-likeness (QED) is 0.185. The Morgan fingerprint density at radius 3 is 2.22 bits per heavy atom. The molecule has 4 fully saturated rings. The molecule has 3 aromatic carbocycles. The van der Waals surface area contributed by atoms with E-state index in [1.54, 1.807) is 0 Å². The van der Waals surface area contributed by atoms with Crippen molar-refractivity contribution in [1.82, 2.24) is 4.90 Å². The first-order valence-corrected chi connectivity index (χ1v) is 17.3. The molecule has 2 aliphatic heterocycles. The van der Waals surface area contributed by atoms with Gasteiger partial charge in [-0.05, 0) is 53.8 Å². The van der Waals surface area contributed by atoms with Gasteiger partial charge in [0, 0.05) is 66.7 Å². The zero-order valence-corrected chi connectivity index (χ0v) is 27.2. The summed E-state index contributed by atoms with van der Waals surface area (Å²) >= 11 is 13.0. The predicted molar refractivity (Wildman–Crippen MR) is 177 cm³/mol. The van der Waals surface area contributed by atoms with Gasteiger partial charge >= 0.3 is 5.97 Å². The van der Waals surface area contributed by atoms with E-state index in [1.807, 2.05) is 70.5 Å². The molecule has 0 spiro atoms. The number of hydrogen-bond donors (Lipinski definition) is 1. The van der Waals surface area contributed by atoms with Crippen molar-refractivity contribution in [3.05, 3.63) is 83.1 Å². The van der Waals surface area contributed by atoms with E-state index in [9.17, 15) is 19.5 Å². The molecule has 3 aromatic rings. The van der Waals surface area contributed by atoms with Crippen LogP contribution in [0.4, 0.5) is 5.69 Å². The monoisotopic (exact) mass is 658 g/mol. The van der Waals surface area contributed by atoms with Crippen molar-refractivity contribution in [3.63, 3.8) is 0 Å². The minimum atomic E-state index is -0.782. The van der Waals surface area contributed by atoms with Crippen molar-refractivity contribution in [3.8, 4) is 5.75 Å². The fourth-order valence-electron chi connectivity index (χ4n) is 9.54. The van der Waals surface area contributed by atoms with Crippen LogP contribution in [0.3, 0.4) is 0 Å². The Kier molecular flexibility index (Phi) is 7.06. The van der Waals surface area contributed by atoms with E-state index in [2.05, 4.69) is 0 Å². The predicted octanol–water partition coefficient (Wildman–Crippen LogP) is 6.80. The van der Waals surface area contributed by atoms with Crippen LogP contribution in [0.2, 0.25) is 0 Å². The van der Waals surface area contributed by atoms with Gasteiger partial charge in [0.05, 0.1) is 22.6 Å². The number of aliphatic hydroxyl groups excluding tert-OH is 1. The van der Waals surface area contributed by atoms with Crippen molar-refractivity contribution in [2.75, 3.05) is 29.7 Å². The number of ether oxygens (including phenoxy) is 1. The van der Waals surface area contributed by atoms with Gasteiger partial charge in [-0.2, -0.15) is 0 Å². The molecule has 46 heavy (non-hydrogen) atoms. The molecule has 9 heteroatoms. The highest BCUT2D eigenvalue weighted by atomic mass is 35.5. The van der Waals surface area contributed by atoms with Crippen LogP contribution in [0.1, 0.15) is 73.7 Å². The van der Waals surface area contributed by atoms with Gasteiger partial charge in [0.25, 0.3) is 0 Å². The van der Waals surface area contributed by atoms with Crippen LogP contribution >= 0.6 is 23.2 Å². The van der Waals surface area contributed by atoms with Gasteiger partial charge in [0.2, 0.25) is 11.8 Å². The van der Waals surface area contributed by atoms with E-state index in [0.717, 1.165) is 58.1 Å². The van der Waals surface area contributed by atoms with E-state index < -0.39 is 22.9 Å². The third kappa shape index (κ3) is 4.24. The molecule has 4 atom stereocenters. The lowest BCUT2D eigenvalue weighted by atomic mass is 9.44. The Balaban J connectivity index is 1.10. The highest BCUT2D eigenvalue weighted by Crippen LogP contribution is 2.66. The molecule has 2 amide bonds. The van der Waals surface area contributed by atoms with E-state index in [4.69, 9.17) is 27.9 Å². The molecule has 1 N–H and O–H groups in total. The van der Waals surface area contributed by atoms with Crippen molar-refractivity contribution in [1.29, 1.82) is 0 Å². The van der Waals surface area contributed by atoms with Crippen LogP contribution in [0.25, 0.3) is 10.8 Å². The maximum atomic E-state index is 14.6. The van der Waals surface area contributed by atoms with Gasteiger partial charge in [0.15, 0.2) is 0 Å². The summed E-state index contributed by atoms with van der Waals surface area (Å²) in [4.78, 5) is 44.9. The third-order valence-electron chi connectivity index (χ3n) is 11.3. The number of halogens is 2. The maximum Gasteiger partial charge on any atom is 0.308 e. The number of carbonyl (C=O) groups is 3. The van der Waals surface area contributed by atoms with Gasteiger partial charge in [-0.25, -0.2) is 0 Å². The lowest BCUT2D eigenvalue weighted by Crippen LogP contribution is -2.63. The summed E-state index contributed by atoms with van der Waals surface area (Å²) in [6.45, 7) is 2.33. The lowest BCUT2D eigenvalue weighted by molar-refractivity contribution is -0.173. The first kappa shape index (κ1) is 30.0. The summed E-state index contributed by atoms with van der Waals surface area (Å²) in [6.07, 6.45) is 4.29. The van der Waals surface area contributed by atoms with E-state index in [-0.39, 0.29) is 29.6 Å². The first-order chi connectivity index (χ1) is 22.2. The number of anilines is 1. The number of likely N-dealkylation sites (tertiary alicyclic amines) is 1. The number of fused-ring (bicyclic) bond motifs is 8. The van der Waals surface area contributed by atoms with Crippen LogP contribution in [0, 0.1) is 16.7 Å². The second-order valence-electron chi connectivity index (χ2n) is 14.0. The summed E-state index contributed by atoms with van der Waals surface area (Å²) in [5.41, 5.74) is 3.23. The standard InChI is InChI=1S/C37H36Cl2N2O5/c1-21(42)46-31-14-29-33(27-10-5-3-8-25(27)31)23(16-39)18-41(29)35(45)37-12-6-11-36(19-37,20-37)34(44)40-17-22(15-38)32-26-9-4-2-7-24(26)30(43)13-28(32)40/h2-5,7-10,13-14,22-23,30,32,43H,6,11-12,15-20H2,1H3/t22-,23-,30?,32?,36?,37?/m1/s1. The molecule has 1 saturated heterocycles. The molecule has 238 valence electrons. The molecule has 4 aliphatic carbocycles. The Bertz CT molecular complexity index is 1830. The number of amides is 2. The fourth-order valence-corrected chi connectivity index (χ4v) is 10.1. The van der Waals surface area contributed by atoms with Crippen molar-refractivity contribution < 1.29 is 24.2 Å². The number of hydrogen-bond acceptors (Lipinski definition) is 5. The van der Waals surface area contributed by atoms with Crippen molar-refractivity contribution >= 4 is 57.4 Å². The number of nitrogens with zero attached hydrogens (tertiary/aromatic N) is 2. The number of aliphatic hydroxyl groups is 1. The second-order valence-corrected chi connectivity index (χ2v) is 14.6. The smallest absolute Gasteiger partial charge is 0.308 e. The topological polar surface area (TPSA) is 87.2 Å². The number of alkyl halides is 2. The fraction of sp³-hybridized carbons (Fsp3) is 0.432. The molecule has 0 aromatic heterocycles. The van der Waals surface area contributed by atoms with Gasteiger partial charge < -0.3 is 19.6 Å². The largest absolute Gasteiger partial charge is 0.426 e. The molecule has 7 nitrogen and oxygen atoms in total. The Labute approximate surface area is 278 Å². The Morgan fingerprint density at radius 2 is 1.54 bits per heavy atom. The Hall–Kier alpha value is -3.39. The van der Waals surface area contributed by atoms with E-state index >= 15 is 0 Å². The zero-order valence-electron chi connectivity index (χ0n) is 25.7. The van der Waals surface area contributed by atoms with Crippen LogP contribution in [-0.2, 0) is 14.4 Å². The highest BCUT2D eigenvalue weighted by molar-refractivity contribution is 6.19. The van der Waals surface area contributed by atoms with Crippen molar-refractivity contribution in [2.24, 2.45) is 16.7 Å². The molecular weight excluding hydrogens is 623 g/mol.